The van der Waals surface area contributed by atoms with E-state index in [1.807, 2.05) is 4.90 Å². The summed E-state index contributed by atoms with van der Waals surface area (Å²) in [5.41, 5.74) is 6.61. The Hall–Kier alpha value is -1.62. The Labute approximate surface area is 113 Å². The van der Waals surface area contributed by atoms with Crippen LogP contribution in [0.3, 0.4) is 0 Å². The monoisotopic (exact) mass is 265 g/mol. The molecule has 2 N–H and O–H groups in total. The Morgan fingerprint density at radius 2 is 1.95 bits per heavy atom. The van der Waals surface area contributed by atoms with Crippen molar-refractivity contribution in [3.8, 4) is 0 Å². The highest BCUT2D eigenvalue weighted by molar-refractivity contribution is 5.86. The topological polar surface area (TPSA) is 49.6 Å². The second-order valence-electron chi connectivity index (χ2n) is 5.20. The lowest BCUT2D eigenvalue weighted by atomic mass is 10.1. The fraction of sp³-hybridized carbons (Fsp3) is 0.500. The molecule has 1 aliphatic rings. The van der Waals surface area contributed by atoms with Gasteiger partial charge in [-0.2, -0.15) is 0 Å². The van der Waals surface area contributed by atoms with Gasteiger partial charge in [0.2, 0.25) is 5.91 Å². The van der Waals surface area contributed by atoms with Crippen LogP contribution in [0, 0.1) is 11.7 Å². The van der Waals surface area contributed by atoms with Gasteiger partial charge in [0, 0.05) is 32.4 Å². The molecule has 0 bridgehead atoms. The van der Waals surface area contributed by atoms with Crippen molar-refractivity contribution in [2.24, 2.45) is 11.7 Å². The molecular weight excluding hydrogens is 245 g/mol. The van der Waals surface area contributed by atoms with E-state index in [-0.39, 0.29) is 24.3 Å². The number of anilines is 1. The zero-order valence-electron chi connectivity index (χ0n) is 11.3. The molecule has 1 aromatic carbocycles. The summed E-state index contributed by atoms with van der Waals surface area (Å²) in [6, 6.07) is 5.84. The van der Waals surface area contributed by atoms with Crippen LogP contribution in [0.25, 0.3) is 0 Å². The van der Waals surface area contributed by atoms with Crippen LogP contribution in [0.4, 0.5) is 10.1 Å². The minimum absolute atomic E-state index is 0.0242. The van der Waals surface area contributed by atoms with Crippen molar-refractivity contribution in [2.45, 2.75) is 13.0 Å². The zero-order valence-corrected chi connectivity index (χ0v) is 11.3. The first-order chi connectivity index (χ1) is 9.02. The van der Waals surface area contributed by atoms with E-state index in [4.69, 9.17) is 5.73 Å². The molecule has 1 aromatic rings. The van der Waals surface area contributed by atoms with Gasteiger partial charge in [0.05, 0.1) is 0 Å². The molecule has 5 heteroatoms. The van der Waals surface area contributed by atoms with E-state index >= 15 is 0 Å². The molecule has 4 nitrogen and oxygen atoms in total. The number of likely N-dealkylation sites (N-methyl/N-ethyl adjacent to an activating group) is 1. The zero-order chi connectivity index (χ0) is 14.0. The molecule has 0 saturated carbocycles. The summed E-state index contributed by atoms with van der Waals surface area (Å²) in [5.74, 6) is 0.0890. The number of benzene rings is 1. The molecule has 0 aromatic heterocycles. The third kappa shape index (κ3) is 2.87. The predicted octanol–water partition coefficient (Wildman–Crippen LogP) is 1.07. The molecule has 19 heavy (non-hydrogen) atoms. The number of amides is 1. The summed E-state index contributed by atoms with van der Waals surface area (Å²) in [7, 11) is 1.80. The molecule has 2 unspecified atom stereocenters. The lowest BCUT2D eigenvalue weighted by molar-refractivity contribution is -0.130. The van der Waals surface area contributed by atoms with E-state index in [0.717, 1.165) is 12.2 Å². The van der Waals surface area contributed by atoms with E-state index in [0.29, 0.717) is 12.5 Å². The SMILES string of the molecule is CC1CN(C)C(=O)C(CN)N(c2ccc(F)cc2)C1. The Morgan fingerprint density at radius 3 is 2.53 bits per heavy atom. The third-order valence-corrected chi connectivity index (χ3v) is 3.51. The average Bonchev–Trinajstić information content (AvgIpc) is 2.48. The van der Waals surface area contributed by atoms with E-state index in [2.05, 4.69) is 6.92 Å². The summed E-state index contributed by atoms with van der Waals surface area (Å²) in [5, 5.41) is 0. The number of hydrogen-bond donors (Lipinski definition) is 1. The van der Waals surface area contributed by atoms with Crippen molar-refractivity contribution in [3.63, 3.8) is 0 Å². The van der Waals surface area contributed by atoms with Gasteiger partial charge in [-0.3, -0.25) is 4.79 Å². The molecule has 2 atom stereocenters. The number of hydrogen-bond acceptors (Lipinski definition) is 3. The number of halogens is 1. The van der Waals surface area contributed by atoms with Crippen LogP contribution >= 0.6 is 0 Å². The Morgan fingerprint density at radius 1 is 1.32 bits per heavy atom. The van der Waals surface area contributed by atoms with E-state index < -0.39 is 0 Å². The fourth-order valence-corrected chi connectivity index (χ4v) is 2.61. The van der Waals surface area contributed by atoms with E-state index in [1.54, 1.807) is 24.1 Å². The lowest BCUT2D eigenvalue weighted by Crippen LogP contribution is -2.49. The van der Waals surface area contributed by atoms with Gasteiger partial charge in [-0.25, -0.2) is 4.39 Å². The minimum atomic E-state index is -0.375. The highest BCUT2D eigenvalue weighted by atomic mass is 19.1. The third-order valence-electron chi connectivity index (χ3n) is 3.51. The van der Waals surface area contributed by atoms with Crippen molar-refractivity contribution in [3.05, 3.63) is 30.1 Å². The Balaban J connectivity index is 2.34. The van der Waals surface area contributed by atoms with Gasteiger partial charge < -0.3 is 15.5 Å². The second kappa shape index (κ2) is 5.57. The minimum Gasteiger partial charge on any atom is -0.358 e. The van der Waals surface area contributed by atoms with Gasteiger partial charge in [-0.05, 0) is 30.2 Å². The predicted molar refractivity (Wildman–Crippen MR) is 73.4 cm³/mol. The van der Waals surface area contributed by atoms with Crippen molar-refractivity contribution < 1.29 is 9.18 Å². The highest BCUT2D eigenvalue weighted by Gasteiger charge is 2.32. The van der Waals surface area contributed by atoms with Crippen molar-refractivity contribution in [1.29, 1.82) is 0 Å². The van der Waals surface area contributed by atoms with Crippen LogP contribution in [0.15, 0.2) is 24.3 Å². The molecule has 104 valence electrons. The number of carbonyl (C=O) groups is 1. The van der Waals surface area contributed by atoms with Gasteiger partial charge in [-0.1, -0.05) is 6.92 Å². The van der Waals surface area contributed by atoms with Gasteiger partial charge in [0.1, 0.15) is 11.9 Å². The summed E-state index contributed by atoms with van der Waals surface area (Å²) < 4.78 is 13.0. The molecular formula is C14H20FN3O. The smallest absolute Gasteiger partial charge is 0.246 e. The molecule has 2 rings (SSSR count). The lowest BCUT2D eigenvalue weighted by Gasteiger charge is -2.31. The van der Waals surface area contributed by atoms with E-state index in [1.165, 1.54) is 12.1 Å². The Kier molecular flexibility index (Phi) is 4.04. The van der Waals surface area contributed by atoms with Crippen molar-refractivity contribution >= 4 is 11.6 Å². The second-order valence-corrected chi connectivity index (χ2v) is 5.20. The Bertz CT molecular complexity index is 449. The largest absolute Gasteiger partial charge is 0.358 e. The first-order valence-corrected chi connectivity index (χ1v) is 6.50. The summed E-state index contributed by atoms with van der Waals surface area (Å²) in [4.78, 5) is 16.0. The maximum absolute atomic E-state index is 13.0. The molecule has 1 fully saturated rings. The van der Waals surface area contributed by atoms with Crippen LogP contribution in [-0.2, 0) is 4.79 Å². The van der Waals surface area contributed by atoms with Crippen LogP contribution in [0.2, 0.25) is 0 Å². The fourth-order valence-electron chi connectivity index (χ4n) is 2.61. The van der Waals surface area contributed by atoms with Gasteiger partial charge >= 0.3 is 0 Å². The van der Waals surface area contributed by atoms with E-state index in [9.17, 15) is 9.18 Å². The van der Waals surface area contributed by atoms with Gasteiger partial charge in [-0.15, -0.1) is 0 Å². The molecule has 0 aliphatic carbocycles. The number of carbonyl (C=O) groups excluding carboxylic acids is 1. The van der Waals surface area contributed by atoms with Gasteiger partial charge in [0.15, 0.2) is 0 Å². The average molecular weight is 265 g/mol. The molecule has 1 heterocycles. The van der Waals surface area contributed by atoms with Crippen LogP contribution in [0.1, 0.15) is 6.92 Å². The quantitative estimate of drug-likeness (QED) is 0.870. The first-order valence-electron chi connectivity index (χ1n) is 6.50. The summed E-state index contributed by atoms with van der Waals surface area (Å²) in [6.45, 7) is 3.81. The maximum Gasteiger partial charge on any atom is 0.246 e. The standard InChI is InChI=1S/C14H20FN3O/c1-10-8-17(2)14(19)13(7-16)18(9-10)12-5-3-11(15)4-6-12/h3-6,10,13H,7-9,16H2,1-2H3. The molecule has 0 radical (unpaired) electrons. The number of nitrogens with zero attached hydrogens (tertiary/aromatic N) is 2. The van der Waals surface area contributed by atoms with Gasteiger partial charge in [0.25, 0.3) is 0 Å². The van der Waals surface area contributed by atoms with Crippen molar-refractivity contribution in [2.75, 3.05) is 31.6 Å². The number of rotatable bonds is 2. The molecule has 0 spiro atoms. The number of nitrogens with two attached hydrogens (primary N) is 1. The highest BCUT2D eigenvalue weighted by Crippen LogP contribution is 2.22. The van der Waals surface area contributed by atoms with Crippen LogP contribution in [-0.4, -0.2) is 43.5 Å². The molecule has 1 saturated heterocycles. The van der Waals surface area contributed by atoms with Crippen LogP contribution in [0.5, 0.6) is 0 Å². The van der Waals surface area contributed by atoms with Crippen LogP contribution < -0.4 is 10.6 Å². The maximum atomic E-state index is 13.0. The normalized spacial score (nSPS) is 24.5. The summed E-state index contributed by atoms with van der Waals surface area (Å²) >= 11 is 0. The first kappa shape index (κ1) is 13.8. The summed E-state index contributed by atoms with van der Waals surface area (Å²) in [6.07, 6.45) is 0. The van der Waals surface area contributed by atoms with Crippen molar-refractivity contribution in [1.82, 2.24) is 4.90 Å². The molecule has 1 aliphatic heterocycles. The molecule has 1 amide bonds.